The Bertz CT molecular complexity index is 1250. The Balaban J connectivity index is 0.00000289. The van der Waals surface area contributed by atoms with Gasteiger partial charge < -0.3 is 9.67 Å². The number of thioether (sulfide) groups is 1. The number of hydrogen-bond donors (Lipinski definition) is 1. The monoisotopic (exact) mass is 465 g/mol. The molecule has 0 radical (unpaired) electrons. The molecule has 0 aliphatic carbocycles. The summed E-state index contributed by atoms with van der Waals surface area (Å²) in [5.74, 6) is -0.265. The van der Waals surface area contributed by atoms with Crippen LogP contribution in [0.4, 0.5) is 0 Å². The lowest BCUT2D eigenvalue weighted by atomic mass is 10.1. The summed E-state index contributed by atoms with van der Waals surface area (Å²) in [7, 11) is 0. The van der Waals surface area contributed by atoms with Crippen molar-refractivity contribution in [2.75, 3.05) is 0 Å². The first-order valence-corrected chi connectivity index (χ1v) is 11.4. The molecule has 0 fully saturated rings. The Labute approximate surface area is 199 Å². The molecular formula is C27H28ClNO2S. The van der Waals surface area contributed by atoms with Crippen molar-refractivity contribution in [3.8, 4) is 0 Å². The first-order valence-electron chi connectivity index (χ1n) is 10.4. The van der Waals surface area contributed by atoms with Crippen molar-refractivity contribution in [1.29, 1.82) is 0 Å². The smallest absolute Gasteiger partial charge is 0.338 e. The third kappa shape index (κ3) is 4.72. The third-order valence-electron chi connectivity index (χ3n) is 5.71. The zero-order valence-corrected chi connectivity index (χ0v) is 20.4. The lowest BCUT2D eigenvalue weighted by Crippen LogP contribution is -2.08. The predicted octanol–water partition coefficient (Wildman–Crippen LogP) is 7.34. The second-order valence-corrected chi connectivity index (χ2v) is 9.22. The summed E-state index contributed by atoms with van der Waals surface area (Å²) < 4.78 is 2.18. The number of fused-ring (bicyclic) bond motifs is 1. The van der Waals surface area contributed by atoms with Crippen molar-refractivity contribution in [1.82, 2.24) is 4.57 Å². The molecule has 3 aromatic carbocycles. The highest BCUT2D eigenvalue weighted by Gasteiger charge is 2.22. The van der Waals surface area contributed by atoms with E-state index in [-0.39, 0.29) is 12.4 Å². The quantitative estimate of drug-likeness (QED) is 0.303. The highest BCUT2D eigenvalue weighted by molar-refractivity contribution is 7.98. The van der Waals surface area contributed by atoms with Gasteiger partial charge in [-0.05, 0) is 50.5 Å². The van der Waals surface area contributed by atoms with Crippen molar-refractivity contribution < 1.29 is 9.90 Å². The molecule has 32 heavy (non-hydrogen) atoms. The molecule has 0 bridgehead atoms. The van der Waals surface area contributed by atoms with E-state index in [0.717, 1.165) is 22.2 Å². The van der Waals surface area contributed by atoms with Crippen molar-refractivity contribution in [2.24, 2.45) is 0 Å². The van der Waals surface area contributed by atoms with Gasteiger partial charge in [0.15, 0.2) is 0 Å². The molecule has 5 heteroatoms. The van der Waals surface area contributed by atoms with E-state index < -0.39 is 5.97 Å². The van der Waals surface area contributed by atoms with Crippen LogP contribution in [0.25, 0.3) is 10.9 Å². The van der Waals surface area contributed by atoms with Crippen molar-refractivity contribution in [2.45, 2.75) is 44.9 Å². The standard InChI is InChI=1S/C27H27NO2S.ClH/c1-17-9-11-21(12-10-17)15-28-23-8-6-5-7-22(23)25(27(29)30)24(28)16-31-26-19(3)13-18(2)14-20(26)4;/h5-14H,15-16H2,1-4H3,(H,29,30);1H. The van der Waals surface area contributed by atoms with Gasteiger partial charge in [-0.15, -0.1) is 24.2 Å². The van der Waals surface area contributed by atoms with Crippen molar-refractivity contribution in [3.05, 3.63) is 99.7 Å². The van der Waals surface area contributed by atoms with E-state index in [0.29, 0.717) is 17.9 Å². The average Bonchev–Trinajstić information content (AvgIpc) is 3.02. The van der Waals surface area contributed by atoms with Crippen LogP contribution >= 0.6 is 24.2 Å². The minimum Gasteiger partial charge on any atom is -0.478 e. The van der Waals surface area contributed by atoms with Gasteiger partial charge in [0.1, 0.15) is 0 Å². The minimum absolute atomic E-state index is 0. The zero-order valence-electron chi connectivity index (χ0n) is 18.8. The molecule has 0 saturated carbocycles. The largest absolute Gasteiger partial charge is 0.478 e. The number of halogens is 1. The summed E-state index contributed by atoms with van der Waals surface area (Å²) in [5, 5.41) is 10.9. The van der Waals surface area contributed by atoms with Gasteiger partial charge in [0, 0.05) is 33.8 Å². The fraction of sp³-hybridized carbons (Fsp3) is 0.222. The summed E-state index contributed by atoms with van der Waals surface area (Å²) in [6.45, 7) is 9.09. The molecule has 0 unspecified atom stereocenters. The SMILES string of the molecule is Cc1ccc(Cn2c(CSc3c(C)cc(C)cc3C)c(C(=O)O)c3ccccc32)cc1.Cl. The molecule has 0 atom stereocenters. The molecule has 0 saturated heterocycles. The highest BCUT2D eigenvalue weighted by atomic mass is 35.5. The van der Waals surface area contributed by atoms with Crippen LogP contribution in [0.15, 0.2) is 65.6 Å². The summed E-state index contributed by atoms with van der Waals surface area (Å²) >= 11 is 1.73. The molecule has 0 spiro atoms. The van der Waals surface area contributed by atoms with Gasteiger partial charge in [0.05, 0.1) is 5.56 Å². The first kappa shape index (κ1) is 24.0. The molecule has 0 amide bonds. The van der Waals surface area contributed by atoms with Gasteiger partial charge in [0.2, 0.25) is 0 Å². The van der Waals surface area contributed by atoms with Crippen LogP contribution in [0.2, 0.25) is 0 Å². The maximum Gasteiger partial charge on any atom is 0.338 e. The number of carboxylic acids is 1. The van der Waals surface area contributed by atoms with Crippen LogP contribution in [0.3, 0.4) is 0 Å². The second kappa shape index (κ2) is 9.85. The Morgan fingerprint density at radius 2 is 1.53 bits per heavy atom. The first-order chi connectivity index (χ1) is 14.8. The van der Waals surface area contributed by atoms with Gasteiger partial charge in [-0.1, -0.05) is 65.7 Å². The van der Waals surface area contributed by atoms with Crippen molar-refractivity contribution in [3.63, 3.8) is 0 Å². The van der Waals surface area contributed by atoms with E-state index >= 15 is 0 Å². The highest BCUT2D eigenvalue weighted by Crippen LogP contribution is 2.35. The van der Waals surface area contributed by atoms with Crippen LogP contribution < -0.4 is 0 Å². The Hall–Kier alpha value is -2.69. The number of carbonyl (C=O) groups is 1. The molecule has 166 valence electrons. The van der Waals surface area contributed by atoms with Gasteiger partial charge in [-0.25, -0.2) is 4.79 Å². The topological polar surface area (TPSA) is 42.2 Å². The number of carboxylic acid groups (broad SMARTS) is 1. The number of aromatic carboxylic acids is 1. The maximum absolute atomic E-state index is 12.3. The molecule has 1 N–H and O–H groups in total. The van der Waals surface area contributed by atoms with Crippen LogP contribution in [0.5, 0.6) is 0 Å². The molecule has 0 aliphatic rings. The number of nitrogens with zero attached hydrogens (tertiary/aromatic N) is 1. The number of aromatic nitrogens is 1. The second-order valence-electron chi connectivity index (χ2n) is 8.23. The van der Waals surface area contributed by atoms with Crippen LogP contribution in [0, 0.1) is 27.7 Å². The van der Waals surface area contributed by atoms with Crippen molar-refractivity contribution >= 4 is 41.0 Å². The van der Waals surface area contributed by atoms with E-state index in [1.165, 1.54) is 27.1 Å². The molecule has 1 heterocycles. The Kier molecular flexibility index (Phi) is 7.37. The number of hydrogen-bond acceptors (Lipinski definition) is 2. The number of aryl methyl sites for hydroxylation is 4. The summed E-state index contributed by atoms with van der Waals surface area (Å²) in [4.78, 5) is 13.5. The van der Waals surface area contributed by atoms with E-state index in [1.807, 2.05) is 24.3 Å². The van der Waals surface area contributed by atoms with E-state index in [1.54, 1.807) is 11.8 Å². The molecule has 4 rings (SSSR count). The minimum atomic E-state index is -0.869. The fourth-order valence-electron chi connectivity index (χ4n) is 4.34. The lowest BCUT2D eigenvalue weighted by molar-refractivity contribution is 0.0698. The van der Waals surface area contributed by atoms with Gasteiger partial charge in [0.25, 0.3) is 0 Å². The van der Waals surface area contributed by atoms with E-state index in [9.17, 15) is 9.90 Å². The number of benzene rings is 3. The third-order valence-corrected chi connectivity index (χ3v) is 7.06. The molecule has 4 aromatic rings. The van der Waals surface area contributed by atoms with E-state index in [4.69, 9.17) is 0 Å². The van der Waals surface area contributed by atoms with E-state index in [2.05, 4.69) is 68.7 Å². The van der Waals surface area contributed by atoms with Crippen LogP contribution in [0.1, 0.15) is 43.9 Å². The Morgan fingerprint density at radius 3 is 2.16 bits per heavy atom. The zero-order chi connectivity index (χ0) is 22.1. The Morgan fingerprint density at radius 1 is 0.906 bits per heavy atom. The average molecular weight is 466 g/mol. The molecule has 1 aromatic heterocycles. The summed E-state index contributed by atoms with van der Waals surface area (Å²) in [6, 6.07) is 20.7. The van der Waals surface area contributed by atoms with Crippen LogP contribution in [-0.4, -0.2) is 15.6 Å². The van der Waals surface area contributed by atoms with Gasteiger partial charge >= 0.3 is 5.97 Å². The van der Waals surface area contributed by atoms with Gasteiger partial charge in [-0.2, -0.15) is 0 Å². The summed E-state index contributed by atoms with van der Waals surface area (Å²) in [5.41, 5.74) is 8.34. The fourth-order valence-corrected chi connectivity index (χ4v) is 5.49. The number of rotatable bonds is 6. The summed E-state index contributed by atoms with van der Waals surface area (Å²) in [6.07, 6.45) is 0. The molecular weight excluding hydrogens is 438 g/mol. The van der Waals surface area contributed by atoms with Crippen LogP contribution in [-0.2, 0) is 12.3 Å². The lowest BCUT2D eigenvalue weighted by Gasteiger charge is -2.14. The number of para-hydroxylation sites is 1. The molecule has 3 nitrogen and oxygen atoms in total. The maximum atomic E-state index is 12.3. The van der Waals surface area contributed by atoms with Gasteiger partial charge in [-0.3, -0.25) is 0 Å². The predicted molar refractivity (Wildman–Crippen MR) is 137 cm³/mol. The molecule has 0 aliphatic heterocycles. The normalized spacial score (nSPS) is 10.9.